The quantitative estimate of drug-likeness (QED) is 0.685. The van der Waals surface area contributed by atoms with Crippen molar-refractivity contribution in [2.45, 2.75) is 0 Å². The second-order valence-corrected chi connectivity index (χ2v) is 3.04. The molecule has 0 unspecified atom stereocenters. The van der Waals surface area contributed by atoms with Crippen molar-refractivity contribution in [2.24, 2.45) is 0 Å². The zero-order valence-electron chi connectivity index (χ0n) is 7.81. The number of halogens is 1. The van der Waals surface area contributed by atoms with Crippen molar-refractivity contribution >= 4 is 24.0 Å². The zero-order chi connectivity index (χ0) is 9.10. The van der Waals surface area contributed by atoms with E-state index in [2.05, 4.69) is 20.2 Å². The minimum absolute atomic E-state index is 0. The lowest BCUT2D eigenvalue weighted by Gasteiger charge is -2.27. The first kappa shape index (κ1) is 11.0. The molecule has 6 heteroatoms. The summed E-state index contributed by atoms with van der Waals surface area (Å²) in [6.07, 6.45) is 3.31. The molecule has 0 amide bonds. The highest BCUT2D eigenvalue weighted by Gasteiger charge is 2.11. The maximum Gasteiger partial charge on any atom is 0.149 e. The Hall–Kier alpha value is -1.07. The molecule has 1 aliphatic rings. The van der Waals surface area contributed by atoms with Gasteiger partial charge in [-0.15, -0.1) is 12.4 Å². The van der Waals surface area contributed by atoms with Gasteiger partial charge in [-0.05, 0) is 0 Å². The summed E-state index contributed by atoms with van der Waals surface area (Å²) in [5.74, 6) is 1.36. The first-order chi connectivity index (χ1) is 6.36. The van der Waals surface area contributed by atoms with Crippen LogP contribution in [0.3, 0.4) is 0 Å². The first-order valence-corrected chi connectivity index (χ1v) is 4.39. The fourth-order valence-corrected chi connectivity index (χ4v) is 1.42. The molecule has 0 saturated carbocycles. The van der Waals surface area contributed by atoms with Gasteiger partial charge in [0, 0.05) is 26.2 Å². The topological polar surface area (TPSA) is 67.1 Å². The summed E-state index contributed by atoms with van der Waals surface area (Å²) < 4.78 is 0. The van der Waals surface area contributed by atoms with E-state index in [0.29, 0.717) is 5.82 Å². The second-order valence-electron chi connectivity index (χ2n) is 3.04. The van der Waals surface area contributed by atoms with Gasteiger partial charge < -0.3 is 16.0 Å². The Bertz CT molecular complexity index is 287. The average molecular weight is 216 g/mol. The van der Waals surface area contributed by atoms with Gasteiger partial charge in [0.05, 0.1) is 12.4 Å². The number of aromatic nitrogens is 2. The minimum Gasteiger partial charge on any atom is -0.382 e. The van der Waals surface area contributed by atoms with E-state index in [1.807, 2.05) is 0 Å². The van der Waals surface area contributed by atoms with Crippen LogP contribution in [0.5, 0.6) is 0 Å². The van der Waals surface area contributed by atoms with Crippen molar-refractivity contribution in [3.63, 3.8) is 0 Å². The summed E-state index contributed by atoms with van der Waals surface area (Å²) in [7, 11) is 0. The van der Waals surface area contributed by atoms with Crippen LogP contribution in [0.1, 0.15) is 0 Å². The van der Waals surface area contributed by atoms with E-state index >= 15 is 0 Å². The monoisotopic (exact) mass is 215 g/mol. The molecule has 1 aromatic heterocycles. The second kappa shape index (κ2) is 4.97. The molecule has 1 fully saturated rings. The number of nitrogens with one attached hydrogen (secondary N) is 1. The third kappa shape index (κ3) is 2.46. The smallest absolute Gasteiger partial charge is 0.149 e. The summed E-state index contributed by atoms with van der Waals surface area (Å²) in [6.45, 7) is 3.93. The van der Waals surface area contributed by atoms with Crippen molar-refractivity contribution in [1.29, 1.82) is 0 Å². The van der Waals surface area contributed by atoms with Gasteiger partial charge in [-0.1, -0.05) is 0 Å². The molecule has 14 heavy (non-hydrogen) atoms. The molecule has 5 nitrogen and oxygen atoms in total. The molecular weight excluding hydrogens is 202 g/mol. The minimum atomic E-state index is 0. The maximum atomic E-state index is 5.55. The standard InChI is InChI=1S/C8H13N5.ClH/c9-7-5-11-6-8(12-7)13-3-1-10-2-4-13;/h5-6,10H,1-4H2,(H2,9,12);1H. The van der Waals surface area contributed by atoms with Crippen LogP contribution in [0.2, 0.25) is 0 Å². The average Bonchev–Trinajstić information content (AvgIpc) is 2.19. The van der Waals surface area contributed by atoms with Crippen molar-refractivity contribution in [1.82, 2.24) is 15.3 Å². The first-order valence-electron chi connectivity index (χ1n) is 4.39. The fourth-order valence-electron chi connectivity index (χ4n) is 1.42. The number of nitrogen functional groups attached to an aromatic ring is 1. The molecule has 0 aliphatic carbocycles. The highest BCUT2D eigenvalue weighted by Crippen LogP contribution is 2.10. The molecule has 0 atom stereocenters. The number of hydrogen-bond donors (Lipinski definition) is 2. The molecule has 2 heterocycles. The summed E-state index contributed by atoms with van der Waals surface area (Å²) in [5, 5.41) is 3.28. The molecule has 78 valence electrons. The SMILES string of the molecule is Cl.Nc1cncc(N2CCNCC2)n1. The Morgan fingerprint density at radius 1 is 1.29 bits per heavy atom. The van der Waals surface area contributed by atoms with E-state index in [1.165, 1.54) is 0 Å². The summed E-state index contributed by atoms with van der Waals surface area (Å²) in [4.78, 5) is 10.4. The number of hydrogen-bond acceptors (Lipinski definition) is 5. The molecule has 2 rings (SSSR count). The fraction of sp³-hybridized carbons (Fsp3) is 0.500. The number of nitrogens with two attached hydrogens (primary N) is 1. The van der Waals surface area contributed by atoms with E-state index in [4.69, 9.17) is 5.73 Å². The van der Waals surface area contributed by atoms with Gasteiger partial charge in [0.1, 0.15) is 11.6 Å². The van der Waals surface area contributed by atoms with Crippen LogP contribution >= 0.6 is 12.4 Å². The third-order valence-electron chi connectivity index (χ3n) is 2.08. The Morgan fingerprint density at radius 2 is 2.00 bits per heavy atom. The van der Waals surface area contributed by atoms with Crippen molar-refractivity contribution < 1.29 is 0 Å². The number of piperazine rings is 1. The van der Waals surface area contributed by atoms with Crippen LogP contribution in [0, 0.1) is 0 Å². The van der Waals surface area contributed by atoms with Crippen LogP contribution in [0.4, 0.5) is 11.6 Å². The van der Waals surface area contributed by atoms with Crippen LogP contribution in [-0.4, -0.2) is 36.1 Å². The van der Waals surface area contributed by atoms with Crippen molar-refractivity contribution in [3.8, 4) is 0 Å². The van der Waals surface area contributed by atoms with E-state index in [0.717, 1.165) is 32.0 Å². The van der Waals surface area contributed by atoms with Crippen LogP contribution in [-0.2, 0) is 0 Å². The van der Waals surface area contributed by atoms with E-state index < -0.39 is 0 Å². The lowest BCUT2D eigenvalue weighted by molar-refractivity contribution is 0.584. The third-order valence-corrected chi connectivity index (χ3v) is 2.08. The highest BCUT2D eigenvalue weighted by molar-refractivity contribution is 5.85. The Morgan fingerprint density at radius 3 is 2.64 bits per heavy atom. The molecule has 1 saturated heterocycles. The number of nitrogens with zero attached hydrogens (tertiary/aromatic N) is 3. The molecule has 0 radical (unpaired) electrons. The van der Waals surface area contributed by atoms with Gasteiger partial charge in [-0.3, -0.25) is 4.98 Å². The van der Waals surface area contributed by atoms with Gasteiger partial charge in [0.15, 0.2) is 0 Å². The summed E-state index contributed by atoms with van der Waals surface area (Å²) in [5.41, 5.74) is 5.55. The molecular formula is C8H14ClN5. The molecule has 0 aromatic carbocycles. The molecule has 0 spiro atoms. The van der Waals surface area contributed by atoms with Gasteiger partial charge in [-0.25, -0.2) is 4.98 Å². The summed E-state index contributed by atoms with van der Waals surface area (Å²) in [6, 6.07) is 0. The van der Waals surface area contributed by atoms with Gasteiger partial charge in [0.25, 0.3) is 0 Å². The summed E-state index contributed by atoms with van der Waals surface area (Å²) >= 11 is 0. The predicted octanol–water partition coefficient (Wildman–Crippen LogP) is -0.110. The Balaban J connectivity index is 0.000000980. The Kier molecular flexibility index (Phi) is 3.91. The molecule has 0 bridgehead atoms. The van der Waals surface area contributed by atoms with Crippen LogP contribution in [0.25, 0.3) is 0 Å². The number of rotatable bonds is 1. The van der Waals surface area contributed by atoms with Crippen molar-refractivity contribution in [3.05, 3.63) is 12.4 Å². The van der Waals surface area contributed by atoms with Crippen molar-refractivity contribution in [2.75, 3.05) is 36.8 Å². The van der Waals surface area contributed by atoms with Gasteiger partial charge >= 0.3 is 0 Å². The van der Waals surface area contributed by atoms with E-state index in [-0.39, 0.29) is 12.4 Å². The Labute approximate surface area is 89.1 Å². The van der Waals surface area contributed by atoms with E-state index in [1.54, 1.807) is 12.4 Å². The lowest BCUT2D eigenvalue weighted by atomic mass is 10.3. The largest absolute Gasteiger partial charge is 0.382 e. The zero-order valence-corrected chi connectivity index (χ0v) is 8.63. The number of anilines is 2. The predicted molar refractivity (Wildman–Crippen MR) is 58.8 cm³/mol. The maximum absolute atomic E-state index is 5.55. The molecule has 3 N–H and O–H groups in total. The van der Waals surface area contributed by atoms with Crippen LogP contribution < -0.4 is 16.0 Å². The molecule has 1 aromatic rings. The van der Waals surface area contributed by atoms with Gasteiger partial charge in [-0.2, -0.15) is 0 Å². The normalized spacial score (nSPS) is 16.1. The molecule has 1 aliphatic heterocycles. The lowest BCUT2D eigenvalue weighted by Crippen LogP contribution is -2.43. The highest BCUT2D eigenvalue weighted by atomic mass is 35.5. The van der Waals surface area contributed by atoms with Crippen LogP contribution in [0.15, 0.2) is 12.4 Å². The van der Waals surface area contributed by atoms with Gasteiger partial charge in [0.2, 0.25) is 0 Å². The van der Waals surface area contributed by atoms with E-state index in [9.17, 15) is 0 Å².